The van der Waals surface area contributed by atoms with Crippen molar-refractivity contribution in [2.24, 2.45) is 25.9 Å². The lowest BCUT2D eigenvalue weighted by molar-refractivity contribution is -0.143. The number of hydrogen-bond acceptors (Lipinski definition) is 6. The number of aliphatic carboxylic acids is 1. The normalized spacial score (nSPS) is 20.2. The third-order valence-electron chi connectivity index (χ3n) is 10.8. The second-order valence-electron chi connectivity index (χ2n) is 14.3. The quantitative estimate of drug-likeness (QED) is 0.152. The molecule has 5 aromatic rings. The Labute approximate surface area is 314 Å². The summed E-state index contributed by atoms with van der Waals surface area (Å²) in [5, 5.41) is 29.8. The van der Waals surface area contributed by atoms with E-state index in [4.69, 9.17) is 0 Å². The fraction of sp³-hybridized carbons (Fsp3) is 0.381. The molecule has 2 aromatic carbocycles. The van der Waals surface area contributed by atoms with E-state index >= 15 is 0 Å². The van der Waals surface area contributed by atoms with Gasteiger partial charge in [-0.3, -0.25) is 24.2 Å². The lowest BCUT2D eigenvalue weighted by Gasteiger charge is -2.31. The molecule has 4 N–H and O–H groups in total. The Morgan fingerprint density at radius 1 is 0.759 bits per heavy atom. The van der Waals surface area contributed by atoms with Gasteiger partial charge in [0, 0.05) is 66.8 Å². The molecule has 1 unspecified atom stereocenters. The number of carbonyl (C=O) groups is 4. The maximum absolute atomic E-state index is 13.1. The van der Waals surface area contributed by atoms with Crippen molar-refractivity contribution >= 4 is 45.5 Å². The third kappa shape index (κ3) is 8.63. The maximum Gasteiger partial charge on any atom is 0.308 e. The van der Waals surface area contributed by atoms with Crippen molar-refractivity contribution < 1.29 is 24.3 Å². The van der Waals surface area contributed by atoms with Gasteiger partial charge in [-0.15, -0.1) is 0 Å². The molecular weight excluding hydrogens is 683 g/mol. The number of carbonyl (C=O) groups excluding carboxylic acids is 3. The van der Waals surface area contributed by atoms with Gasteiger partial charge in [0.2, 0.25) is 5.91 Å². The van der Waals surface area contributed by atoms with E-state index in [-0.39, 0.29) is 35.7 Å². The lowest BCUT2D eigenvalue weighted by atomic mass is 9.83. The first-order valence-corrected chi connectivity index (χ1v) is 18.7. The first-order valence-electron chi connectivity index (χ1n) is 18.7. The summed E-state index contributed by atoms with van der Waals surface area (Å²) in [6, 6.07) is 24.1. The van der Waals surface area contributed by atoms with E-state index in [1.165, 1.54) is 0 Å². The number of rotatable bonds is 9. The molecule has 0 saturated heterocycles. The van der Waals surface area contributed by atoms with E-state index < -0.39 is 17.9 Å². The molecule has 3 aromatic heterocycles. The maximum atomic E-state index is 13.1. The van der Waals surface area contributed by atoms with Crippen molar-refractivity contribution in [2.45, 2.75) is 75.9 Å². The first kappa shape index (κ1) is 37.8. The molecule has 0 bridgehead atoms. The van der Waals surface area contributed by atoms with Crippen LogP contribution in [0.5, 0.6) is 0 Å². The second kappa shape index (κ2) is 17.2. The van der Waals surface area contributed by atoms with Crippen LogP contribution in [0, 0.1) is 23.2 Å². The van der Waals surface area contributed by atoms with Gasteiger partial charge in [0.15, 0.2) is 0 Å². The molecule has 3 amide bonds. The van der Waals surface area contributed by atoms with E-state index in [0.29, 0.717) is 30.7 Å². The van der Waals surface area contributed by atoms with Crippen molar-refractivity contribution in [1.29, 1.82) is 5.26 Å². The van der Waals surface area contributed by atoms with Gasteiger partial charge in [-0.1, -0.05) is 62.1 Å². The van der Waals surface area contributed by atoms with Crippen molar-refractivity contribution in [3.05, 3.63) is 102 Å². The Kier molecular flexibility index (Phi) is 12.1. The Morgan fingerprint density at radius 2 is 1.24 bits per heavy atom. The summed E-state index contributed by atoms with van der Waals surface area (Å²) >= 11 is 0. The molecule has 12 nitrogen and oxygen atoms in total. The fourth-order valence-corrected chi connectivity index (χ4v) is 7.88. The molecule has 2 fully saturated rings. The number of nitrogens with one attached hydrogen (secondary N) is 3. The number of amides is 3. The summed E-state index contributed by atoms with van der Waals surface area (Å²) < 4.78 is 3.73. The van der Waals surface area contributed by atoms with Crippen LogP contribution >= 0.6 is 0 Å². The summed E-state index contributed by atoms with van der Waals surface area (Å²) in [6.07, 6.45) is 10.3. The molecule has 54 heavy (non-hydrogen) atoms. The van der Waals surface area contributed by atoms with E-state index in [1.54, 1.807) is 12.4 Å². The van der Waals surface area contributed by atoms with Crippen molar-refractivity contribution in [1.82, 2.24) is 30.1 Å². The zero-order valence-electron chi connectivity index (χ0n) is 30.7. The van der Waals surface area contributed by atoms with Crippen molar-refractivity contribution in [2.75, 3.05) is 0 Å². The van der Waals surface area contributed by atoms with Gasteiger partial charge in [-0.25, -0.2) is 0 Å². The Bertz CT molecular complexity index is 2170. The van der Waals surface area contributed by atoms with Crippen LogP contribution in [0.15, 0.2) is 85.2 Å². The average molecular weight is 730 g/mol. The molecule has 2 saturated carbocycles. The highest BCUT2D eigenvalue weighted by atomic mass is 16.4. The predicted octanol–water partition coefficient (Wildman–Crippen LogP) is 5.66. The van der Waals surface area contributed by atoms with Gasteiger partial charge < -0.3 is 30.2 Å². The molecule has 2 aliphatic rings. The van der Waals surface area contributed by atoms with Crippen LogP contribution in [0.25, 0.3) is 21.8 Å². The van der Waals surface area contributed by atoms with E-state index in [2.05, 4.69) is 27.0 Å². The van der Waals surface area contributed by atoms with E-state index in [9.17, 15) is 29.5 Å². The predicted molar refractivity (Wildman–Crippen MR) is 205 cm³/mol. The molecule has 0 radical (unpaired) electrons. The summed E-state index contributed by atoms with van der Waals surface area (Å²) in [5.41, 5.74) is 4.06. The number of carboxylic acids is 1. The van der Waals surface area contributed by atoms with Crippen molar-refractivity contribution in [3.63, 3.8) is 0 Å². The van der Waals surface area contributed by atoms with Gasteiger partial charge in [-0.05, 0) is 67.6 Å². The highest BCUT2D eigenvalue weighted by molar-refractivity contribution is 6.00. The van der Waals surface area contributed by atoms with Gasteiger partial charge in [-0.2, -0.15) is 5.26 Å². The minimum Gasteiger partial charge on any atom is -0.481 e. The van der Waals surface area contributed by atoms with Crippen LogP contribution < -0.4 is 16.0 Å². The molecule has 7 rings (SSSR count). The minimum atomic E-state index is -0.818. The Morgan fingerprint density at radius 3 is 1.74 bits per heavy atom. The molecule has 3 heterocycles. The third-order valence-corrected chi connectivity index (χ3v) is 10.8. The van der Waals surface area contributed by atoms with Gasteiger partial charge in [0.25, 0.3) is 11.8 Å². The topological polar surface area (TPSA) is 171 Å². The molecule has 0 aliphatic heterocycles. The molecule has 2 aliphatic carbocycles. The number of aromatic nitrogens is 3. The van der Waals surface area contributed by atoms with Crippen LogP contribution in [0.4, 0.5) is 0 Å². The zero-order chi connectivity index (χ0) is 38.2. The summed E-state index contributed by atoms with van der Waals surface area (Å²) in [4.78, 5) is 54.0. The van der Waals surface area contributed by atoms with E-state index in [0.717, 1.165) is 65.9 Å². The first-order chi connectivity index (χ1) is 26.1. The van der Waals surface area contributed by atoms with E-state index in [1.807, 2.05) is 96.0 Å². The van der Waals surface area contributed by atoms with Crippen LogP contribution in [-0.2, 0) is 30.1 Å². The fourth-order valence-electron chi connectivity index (χ4n) is 7.88. The number of benzene rings is 2. The zero-order valence-corrected chi connectivity index (χ0v) is 30.7. The second-order valence-corrected chi connectivity index (χ2v) is 14.3. The molecular formula is C42H47N7O5. The number of nitrogens with zero attached hydrogens (tertiary/aromatic N) is 4. The largest absolute Gasteiger partial charge is 0.481 e. The Hall–Kier alpha value is -5.96. The number of fused-ring (bicyclic) bond motifs is 2. The number of hydrogen-bond donors (Lipinski definition) is 4. The van der Waals surface area contributed by atoms with Crippen LogP contribution in [0.3, 0.4) is 0 Å². The average Bonchev–Trinajstić information content (AvgIpc) is 3.71. The highest BCUT2D eigenvalue weighted by Gasteiger charge is 2.34. The summed E-state index contributed by atoms with van der Waals surface area (Å²) in [7, 11) is 3.73. The number of pyridine rings is 1. The van der Waals surface area contributed by atoms with Gasteiger partial charge >= 0.3 is 5.97 Å². The van der Waals surface area contributed by atoms with Gasteiger partial charge in [0.1, 0.15) is 17.4 Å². The molecule has 12 heteroatoms. The highest BCUT2D eigenvalue weighted by Crippen LogP contribution is 2.27. The number of nitriles is 1. The Balaban J connectivity index is 0.000000197. The van der Waals surface area contributed by atoms with Crippen LogP contribution in [-0.4, -0.2) is 61.0 Å². The molecule has 0 spiro atoms. The smallest absolute Gasteiger partial charge is 0.308 e. The minimum absolute atomic E-state index is 0.173. The lowest BCUT2D eigenvalue weighted by Crippen LogP contribution is -2.50. The van der Waals surface area contributed by atoms with Crippen molar-refractivity contribution in [3.8, 4) is 6.07 Å². The standard InChI is InChI=1S/C25H27N5O2.C17H20N2O3/c1-30-22-9-5-2-6-18(22)15-23(30)25(32)29-21-8-4-3-7-20(21)24(31)28-19(16-26)14-17-10-12-27-13-11-17;1-19-14-9-5-2-6-11(14)10-15(19)16(20)18-13-8-4-3-7-12(13)17(21)22/h2,5-6,9-13,15,19-21H,3-4,7-8,14H2,1H3,(H,28,31)(H,29,32);2,5-6,9-10,12-13H,3-4,7-8H2,1H3,(H,18,20)(H,21,22)/t19?,20-,21+;12-,13+/m11/s1. The molecule has 280 valence electrons. The van der Waals surface area contributed by atoms with Crippen LogP contribution in [0.1, 0.15) is 77.9 Å². The number of para-hydroxylation sites is 2. The number of carboxylic acid groups (broad SMARTS) is 1. The van der Waals surface area contributed by atoms with Gasteiger partial charge in [0.05, 0.1) is 17.9 Å². The number of aryl methyl sites for hydroxylation is 2. The summed E-state index contributed by atoms with van der Waals surface area (Å²) in [6.45, 7) is 0. The summed E-state index contributed by atoms with van der Waals surface area (Å²) in [5.74, 6) is -2.20. The SMILES string of the molecule is Cn1c(C(=O)N[C@H]2CCCC[C@H]2C(=O)NC(C#N)Cc2ccncc2)cc2ccccc21.Cn1c(C(=O)N[C@H]2CCCC[C@H]2C(=O)O)cc2ccccc21. The molecule has 5 atom stereocenters. The monoisotopic (exact) mass is 729 g/mol. The van der Waals surface area contributed by atoms with Crippen LogP contribution in [0.2, 0.25) is 0 Å².